The number of pyridine rings is 1. The highest BCUT2D eigenvalue weighted by atomic mass is 16.7. The number of fused-ring (bicyclic) bond motifs is 2. The Bertz CT molecular complexity index is 921. The predicted molar refractivity (Wildman–Crippen MR) is 85.6 cm³/mol. The molecule has 23 heavy (non-hydrogen) atoms. The van der Waals surface area contributed by atoms with E-state index in [1.807, 2.05) is 36.4 Å². The molecular weight excluding hydrogens is 292 g/mol. The van der Waals surface area contributed by atoms with Crippen LogP contribution in [0.1, 0.15) is 21.6 Å². The van der Waals surface area contributed by atoms with Gasteiger partial charge in [0.1, 0.15) is 0 Å². The number of nitrogens with zero attached hydrogens (tertiary/aromatic N) is 1. The van der Waals surface area contributed by atoms with Crippen LogP contribution in [-0.2, 0) is 6.42 Å². The van der Waals surface area contributed by atoms with Crippen LogP contribution >= 0.6 is 0 Å². The van der Waals surface area contributed by atoms with Crippen molar-refractivity contribution in [2.45, 2.75) is 6.42 Å². The van der Waals surface area contributed by atoms with Crippen molar-refractivity contribution < 1.29 is 14.3 Å². The lowest BCUT2D eigenvalue weighted by Crippen LogP contribution is -2.10. The molecule has 5 heteroatoms. The summed E-state index contributed by atoms with van der Waals surface area (Å²) in [5, 5.41) is 0.899. The summed E-state index contributed by atoms with van der Waals surface area (Å²) in [6.45, 7) is 0.273. The van der Waals surface area contributed by atoms with Gasteiger partial charge in [0.25, 0.3) is 0 Å². The van der Waals surface area contributed by atoms with Gasteiger partial charge in [-0.1, -0.05) is 12.1 Å². The number of nitrogens with two attached hydrogens (primary N) is 1. The molecule has 1 amide bonds. The van der Waals surface area contributed by atoms with Crippen LogP contribution in [0.2, 0.25) is 0 Å². The first kappa shape index (κ1) is 13.6. The quantitative estimate of drug-likeness (QED) is 0.807. The molecule has 0 saturated heterocycles. The number of hydrogen-bond donors (Lipinski definition) is 1. The Morgan fingerprint density at radius 1 is 1.04 bits per heavy atom. The second-order valence-corrected chi connectivity index (χ2v) is 5.44. The summed E-state index contributed by atoms with van der Waals surface area (Å²) in [6.07, 6.45) is 0.699. The summed E-state index contributed by atoms with van der Waals surface area (Å²) in [6, 6.07) is 15.1. The number of aromatic nitrogens is 1. The first-order chi connectivity index (χ1) is 11.2. The van der Waals surface area contributed by atoms with Crippen molar-refractivity contribution in [1.29, 1.82) is 0 Å². The summed E-state index contributed by atoms with van der Waals surface area (Å²) in [4.78, 5) is 15.9. The lowest BCUT2D eigenvalue weighted by molar-refractivity contribution is 0.100. The predicted octanol–water partition coefficient (Wildman–Crippen LogP) is 2.65. The van der Waals surface area contributed by atoms with Gasteiger partial charge in [-0.05, 0) is 42.0 Å². The smallest absolute Gasteiger partial charge is 0.248 e. The summed E-state index contributed by atoms with van der Waals surface area (Å²) in [5.74, 6) is 1.12. The van der Waals surface area contributed by atoms with E-state index in [0.717, 1.165) is 33.7 Å². The number of rotatable bonds is 3. The number of primary amides is 1. The van der Waals surface area contributed by atoms with Crippen LogP contribution in [-0.4, -0.2) is 17.7 Å². The fourth-order valence-corrected chi connectivity index (χ4v) is 2.68. The van der Waals surface area contributed by atoms with Crippen molar-refractivity contribution in [2.75, 3.05) is 6.79 Å². The van der Waals surface area contributed by atoms with Gasteiger partial charge in [0.2, 0.25) is 12.7 Å². The van der Waals surface area contributed by atoms with E-state index < -0.39 is 5.91 Å². The fraction of sp³-hybridized carbons (Fsp3) is 0.111. The molecule has 0 saturated carbocycles. The van der Waals surface area contributed by atoms with E-state index in [-0.39, 0.29) is 6.79 Å². The number of amides is 1. The third-order valence-corrected chi connectivity index (χ3v) is 3.85. The Hall–Kier alpha value is -3.08. The molecule has 1 aromatic heterocycles. The van der Waals surface area contributed by atoms with E-state index in [4.69, 9.17) is 15.2 Å². The van der Waals surface area contributed by atoms with Crippen LogP contribution in [0.5, 0.6) is 11.5 Å². The van der Waals surface area contributed by atoms with E-state index in [9.17, 15) is 4.79 Å². The van der Waals surface area contributed by atoms with Crippen molar-refractivity contribution in [3.05, 3.63) is 65.4 Å². The van der Waals surface area contributed by atoms with Crippen LogP contribution in [0.4, 0.5) is 0 Å². The van der Waals surface area contributed by atoms with Gasteiger partial charge in [0.05, 0.1) is 5.52 Å². The molecule has 0 bridgehead atoms. The van der Waals surface area contributed by atoms with E-state index >= 15 is 0 Å². The SMILES string of the molecule is NC(=O)c1ccc2nc(Cc3ccc4c(c3)OCO4)ccc2c1. The van der Waals surface area contributed by atoms with Crippen LogP contribution in [0, 0.1) is 0 Å². The van der Waals surface area contributed by atoms with Gasteiger partial charge in [-0.3, -0.25) is 9.78 Å². The lowest BCUT2D eigenvalue weighted by atomic mass is 10.1. The maximum Gasteiger partial charge on any atom is 0.248 e. The molecule has 0 unspecified atom stereocenters. The minimum Gasteiger partial charge on any atom is -0.454 e. The summed E-state index contributed by atoms with van der Waals surface area (Å²) in [5.41, 5.74) is 8.68. The number of hydrogen-bond acceptors (Lipinski definition) is 4. The molecule has 2 aromatic carbocycles. The number of carbonyl (C=O) groups is 1. The minimum absolute atomic E-state index is 0.273. The van der Waals surface area contributed by atoms with Crippen LogP contribution < -0.4 is 15.2 Å². The third-order valence-electron chi connectivity index (χ3n) is 3.85. The first-order valence-electron chi connectivity index (χ1n) is 7.27. The Morgan fingerprint density at radius 3 is 2.78 bits per heavy atom. The Balaban J connectivity index is 1.64. The molecule has 3 aromatic rings. The molecule has 2 N–H and O–H groups in total. The normalized spacial score (nSPS) is 12.5. The van der Waals surface area contributed by atoms with Gasteiger partial charge in [-0.25, -0.2) is 0 Å². The van der Waals surface area contributed by atoms with Gasteiger partial charge in [-0.2, -0.15) is 0 Å². The standard InChI is InChI=1S/C18H14N2O3/c19-18(21)13-3-5-15-12(9-13)2-4-14(20-15)7-11-1-6-16-17(8-11)23-10-22-16/h1-6,8-9H,7,10H2,(H2,19,21). The number of benzene rings is 2. The third kappa shape index (κ3) is 2.57. The van der Waals surface area contributed by atoms with Gasteiger partial charge < -0.3 is 15.2 Å². The van der Waals surface area contributed by atoms with E-state index in [1.54, 1.807) is 12.1 Å². The molecule has 2 heterocycles. The van der Waals surface area contributed by atoms with Gasteiger partial charge in [-0.15, -0.1) is 0 Å². The molecule has 4 rings (SSSR count). The molecular formula is C18H14N2O3. The molecule has 114 valence electrons. The molecule has 1 aliphatic rings. The largest absolute Gasteiger partial charge is 0.454 e. The summed E-state index contributed by atoms with van der Waals surface area (Å²) < 4.78 is 10.7. The average molecular weight is 306 g/mol. The van der Waals surface area contributed by atoms with Crippen molar-refractivity contribution in [3.8, 4) is 11.5 Å². The monoisotopic (exact) mass is 306 g/mol. The van der Waals surface area contributed by atoms with Crippen LogP contribution in [0.15, 0.2) is 48.5 Å². The van der Waals surface area contributed by atoms with E-state index in [2.05, 4.69) is 4.98 Å². The van der Waals surface area contributed by atoms with Crippen LogP contribution in [0.3, 0.4) is 0 Å². The highest BCUT2D eigenvalue weighted by Gasteiger charge is 2.13. The average Bonchev–Trinajstić information content (AvgIpc) is 3.02. The van der Waals surface area contributed by atoms with Crippen molar-refractivity contribution >= 4 is 16.8 Å². The molecule has 0 radical (unpaired) electrons. The molecule has 0 atom stereocenters. The van der Waals surface area contributed by atoms with E-state index in [0.29, 0.717) is 12.0 Å². The van der Waals surface area contributed by atoms with Crippen molar-refractivity contribution in [3.63, 3.8) is 0 Å². The summed E-state index contributed by atoms with van der Waals surface area (Å²) >= 11 is 0. The zero-order chi connectivity index (χ0) is 15.8. The second-order valence-electron chi connectivity index (χ2n) is 5.44. The Labute approximate surface area is 132 Å². The number of ether oxygens (including phenoxy) is 2. The van der Waals surface area contributed by atoms with Gasteiger partial charge in [0, 0.05) is 23.1 Å². The highest BCUT2D eigenvalue weighted by Crippen LogP contribution is 2.33. The summed E-state index contributed by atoms with van der Waals surface area (Å²) in [7, 11) is 0. The maximum absolute atomic E-state index is 11.2. The zero-order valence-corrected chi connectivity index (χ0v) is 12.3. The first-order valence-corrected chi connectivity index (χ1v) is 7.27. The molecule has 0 aliphatic carbocycles. The highest BCUT2D eigenvalue weighted by molar-refractivity contribution is 5.96. The molecule has 1 aliphatic heterocycles. The number of carbonyl (C=O) groups excluding carboxylic acids is 1. The molecule has 0 fully saturated rings. The Morgan fingerprint density at radius 2 is 1.91 bits per heavy atom. The topological polar surface area (TPSA) is 74.4 Å². The fourth-order valence-electron chi connectivity index (χ4n) is 2.68. The van der Waals surface area contributed by atoms with E-state index in [1.165, 1.54) is 0 Å². The minimum atomic E-state index is -0.434. The zero-order valence-electron chi connectivity index (χ0n) is 12.3. The Kier molecular flexibility index (Phi) is 3.12. The van der Waals surface area contributed by atoms with Crippen molar-refractivity contribution in [1.82, 2.24) is 4.98 Å². The molecule has 0 spiro atoms. The van der Waals surface area contributed by atoms with Crippen molar-refractivity contribution in [2.24, 2.45) is 5.73 Å². The molecule has 5 nitrogen and oxygen atoms in total. The lowest BCUT2D eigenvalue weighted by Gasteiger charge is -2.05. The van der Waals surface area contributed by atoms with Gasteiger partial charge >= 0.3 is 0 Å². The maximum atomic E-state index is 11.2. The van der Waals surface area contributed by atoms with Crippen LogP contribution in [0.25, 0.3) is 10.9 Å². The second kappa shape index (κ2) is 5.28. The van der Waals surface area contributed by atoms with Gasteiger partial charge in [0.15, 0.2) is 11.5 Å².